The number of carbonyl (C=O) groups excluding carboxylic acids is 2. The number of aromatic nitrogens is 2. The van der Waals surface area contributed by atoms with Crippen molar-refractivity contribution in [3.8, 4) is 0 Å². The Kier molecular flexibility index (Phi) is 9.95. The van der Waals surface area contributed by atoms with Crippen LogP contribution < -0.4 is 5.32 Å². The van der Waals surface area contributed by atoms with E-state index < -0.39 is 0 Å². The predicted octanol–water partition coefficient (Wildman–Crippen LogP) is 5.02. The van der Waals surface area contributed by atoms with Gasteiger partial charge < -0.3 is 14.8 Å². The number of carbonyl (C=O) groups is 2. The van der Waals surface area contributed by atoms with E-state index in [1.54, 1.807) is 6.07 Å². The minimum atomic E-state index is -0.0133. The van der Waals surface area contributed by atoms with Gasteiger partial charge in [0, 0.05) is 31.6 Å². The first-order valence-electron chi connectivity index (χ1n) is 12.2. The number of imidazole rings is 1. The fourth-order valence-electron chi connectivity index (χ4n) is 3.96. The van der Waals surface area contributed by atoms with E-state index in [2.05, 4.69) is 16.8 Å². The van der Waals surface area contributed by atoms with Gasteiger partial charge in [0.25, 0.3) is 0 Å². The Balaban J connectivity index is 1.48. The first kappa shape index (κ1) is 25.8. The number of hydrogen-bond acceptors (Lipinski definition) is 3. The Morgan fingerprint density at radius 2 is 1.79 bits per heavy atom. The predicted molar refractivity (Wildman–Crippen MR) is 138 cm³/mol. The highest BCUT2D eigenvalue weighted by atomic mass is 35.5. The minimum absolute atomic E-state index is 0.0133. The third-order valence-electron chi connectivity index (χ3n) is 6.01. The van der Waals surface area contributed by atoms with E-state index in [-0.39, 0.29) is 11.8 Å². The second kappa shape index (κ2) is 13.1. The molecule has 0 aliphatic rings. The van der Waals surface area contributed by atoms with Gasteiger partial charge in [0.15, 0.2) is 0 Å². The largest absolute Gasteiger partial charge is 0.356 e. The molecule has 1 aromatic heterocycles. The van der Waals surface area contributed by atoms with Gasteiger partial charge in [0.05, 0.1) is 17.5 Å². The Morgan fingerprint density at radius 1 is 1.03 bits per heavy atom. The van der Waals surface area contributed by atoms with E-state index in [0.717, 1.165) is 67.5 Å². The van der Waals surface area contributed by atoms with Gasteiger partial charge in [-0.3, -0.25) is 9.59 Å². The van der Waals surface area contributed by atoms with Crippen LogP contribution in [0.1, 0.15) is 50.4 Å². The van der Waals surface area contributed by atoms with E-state index in [4.69, 9.17) is 16.6 Å². The number of nitrogens with one attached hydrogen (secondary N) is 1. The quantitative estimate of drug-likeness (QED) is 0.348. The van der Waals surface area contributed by atoms with Gasteiger partial charge in [-0.25, -0.2) is 4.98 Å². The molecule has 0 unspecified atom stereocenters. The molecule has 2 amide bonds. The van der Waals surface area contributed by atoms with Crippen LogP contribution in [-0.4, -0.2) is 46.4 Å². The smallest absolute Gasteiger partial charge is 0.242 e. The molecule has 3 rings (SSSR count). The molecule has 6 nitrogen and oxygen atoms in total. The van der Waals surface area contributed by atoms with Gasteiger partial charge in [0.2, 0.25) is 11.8 Å². The van der Waals surface area contributed by atoms with Gasteiger partial charge >= 0.3 is 0 Å². The summed E-state index contributed by atoms with van der Waals surface area (Å²) >= 11 is 6.13. The van der Waals surface area contributed by atoms with Crippen LogP contribution in [-0.2, 0) is 29.0 Å². The molecule has 0 radical (unpaired) electrons. The Labute approximate surface area is 207 Å². The van der Waals surface area contributed by atoms with Crippen molar-refractivity contribution in [1.82, 2.24) is 19.8 Å². The third-order valence-corrected chi connectivity index (χ3v) is 6.38. The maximum Gasteiger partial charge on any atom is 0.242 e. The minimum Gasteiger partial charge on any atom is -0.356 e. The molecule has 0 saturated heterocycles. The summed E-state index contributed by atoms with van der Waals surface area (Å²) in [6, 6.07) is 15.4. The Bertz CT molecular complexity index is 1100. The third kappa shape index (κ3) is 7.32. The van der Waals surface area contributed by atoms with Gasteiger partial charge in [-0.15, -0.1) is 0 Å². The molecule has 7 heteroatoms. The van der Waals surface area contributed by atoms with Gasteiger partial charge in [-0.1, -0.05) is 61.7 Å². The monoisotopic (exact) mass is 482 g/mol. The van der Waals surface area contributed by atoms with Gasteiger partial charge in [-0.2, -0.15) is 0 Å². The molecule has 182 valence electrons. The number of benzene rings is 2. The molecular formula is C27H35ClN4O2. The fourth-order valence-corrected chi connectivity index (χ4v) is 4.16. The lowest BCUT2D eigenvalue weighted by Gasteiger charge is -2.18. The molecule has 0 aliphatic heterocycles. The first-order valence-corrected chi connectivity index (χ1v) is 12.6. The van der Waals surface area contributed by atoms with Crippen LogP contribution in [0.25, 0.3) is 11.0 Å². The Hall–Kier alpha value is -2.86. The van der Waals surface area contributed by atoms with Crippen molar-refractivity contribution < 1.29 is 9.59 Å². The van der Waals surface area contributed by atoms with Gasteiger partial charge in [-0.05, 0) is 43.0 Å². The van der Waals surface area contributed by atoms with E-state index in [9.17, 15) is 9.59 Å². The normalized spacial score (nSPS) is 11.0. The maximum absolute atomic E-state index is 12.8. The zero-order valence-electron chi connectivity index (χ0n) is 20.2. The molecule has 1 heterocycles. The lowest BCUT2D eigenvalue weighted by atomic mass is 10.1. The molecule has 0 bridgehead atoms. The van der Waals surface area contributed by atoms with Crippen molar-refractivity contribution in [2.45, 2.75) is 58.4 Å². The summed E-state index contributed by atoms with van der Waals surface area (Å²) in [6.45, 7) is 3.86. The van der Waals surface area contributed by atoms with Crippen molar-refractivity contribution in [3.05, 3.63) is 64.9 Å². The summed E-state index contributed by atoms with van der Waals surface area (Å²) in [5.74, 6) is 1.04. The second-order valence-electron chi connectivity index (χ2n) is 8.70. The number of unbranched alkanes of at least 4 members (excludes halogenated alkanes) is 3. The molecule has 34 heavy (non-hydrogen) atoms. The number of para-hydroxylation sites is 2. The number of aryl methyl sites for hydroxylation is 1. The average molecular weight is 483 g/mol. The molecule has 3 aromatic rings. The summed E-state index contributed by atoms with van der Waals surface area (Å²) in [6.07, 6.45) is 5.99. The number of rotatable bonds is 13. The zero-order valence-corrected chi connectivity index (χ0v) is 21.0. The van der Waals surface area contributed by atoms with Crippen LogP contribution in [0.5, 0.6) is 0 Å². The average Bonchev–Trinajstić information content (AvgIpc) is 3.18. The lowest BCUT2D eigenvalue weighted by molar-refractivity contribution is -0.130. The van der Waals surface area contributed by atoms with Crippen LogP contribution in [0, 0.1) is 0 Å². The van der Waals surface area contributed by atoms with Gasteiger partial charge in [0.1, 0.15) is 12.4 Å². The summed E-state index contributed by atoms with van der Waals surface area (Å²) in [7, 11) is 1.87. The number of nitrogens with zero attached hydrogens (tertiary/aromatic N) is 3. The fraction of sp³-hybridized carbons (Fsp3) is 0.444. The molecule has 0 saturated carbocycles. The van der Waals surface area contributed by atoms with Crippen LogP contribution in [0.3, 0.4) is 0 Å². The molecule has 0 atom stereocenters. The van der Waals surface area contributed by atoms with Crippen molar-refractivity contribution in [3.63, 3.8) is 0 Å². The zero-order chi connectivity index (χ0) is 24.3. The number of halogens is 1. The molecule has 0 aliphatic carbocycles. The molecular weight excluding hydrogens is 448 g/mol. The standard InChI is InChI=1S/C27H35ClN4O2/c1-3-4-18-31(2)27(34)20-32-24-15-10-9-14-23(24)30-25(32)16-6-5-11-17-29-26(33)19-21-12-7-8-13-22(21)28/h7-10,12-15H,3-6,11,16-20H2,1-2H3,(H,29,33). The van der Waals surface area contributed by atoms with Crippen molar-refractivity contribution in [1.29, 1.82) is 0 Å². The summed E-state index contributed by atoms with van der Waals surface area (Å²) in [5, 5.41) is 3.60. The Morgan fingerprint density at radius 3 is 2.59 bits per heavy atom. The van der Waals surface area contributed by atoms with Crippen LogP contribution in [0.2, 0.25) is 5.02 Å². The highest BCUT2D eigenvalue weighted by Gasteiger charge is 2.16. The van der Waals surface area contributed by atoms with Crippen molar-refractivity contribution >= 4 is 34.4 Å². The second-order valence-corrected chi connectivity index (χ2v) is 9.11. The summed E-state index contributed by atoms with van der Waals surface area (Å²) < 4.78 is 2.06. The molecule has 0 fully saturated rings. The topological polar surface area (TPSA) is 67.2 Å². The van der Waals surface area contributed by atoms with Crippen LogP contribution in [0.15, 0.2) is 48.5 Å². The first-order chi connectivity index (χ1) is 16.5. The molecule has 1 N–H and O–H groups in total. The molecule has 2 aromatic carbocycles. The lowest BCUT2D eigenvalue weighted by Crippen LogP contribution is -2.31. The van der Waals surface area contributed by atoms with E-state index >= 15 is 0 Å². The highest BCUT2D eigenvalue weighted by molar-refractivity contribution is 6.31. The maximum atomic E-state index is 12.8. The van der Waals surface area contributed by atoms with Crippen molar-refractivity contribution in [2.75, 3.05) is 20.1 Å². The number of fused-ring (bicyclic) bond motifs is 1. The number of hydrogen-bond donors (Lipinski definition) is 1. The van der Waals surface area contributed by atoms with E-state index in [1.807, 2.05) is 54.4 Å². The summed E-state index contributed by atoms with van der Waals surface area (Å²) in [4.78, 5) is 31.6. The van der Waals surface area contributed by atoms with E-state index in [0.29, 0.717) is 24.5 Å². The summed E-state index contributed by atoms with van der Waals surface area (Å²) in [5.41, 5.74) is 2.77. The van der Waals surface area contributed by atoms with Crippen LogP contribution in [0.4, 0.5) is 0 Å². The van der Waals surface area contributed by atoms with Crippen LogP contribution >= 0.6 is 11.6 Å². The number of amides is 2. The molecule has 0 spiro atoms. The SMILES string of the molecule is CCCCN(C)C(=O)Cn1c(CCCCCNC(=O)Cc2ccccc2Cl)nc2ccccc21. The highest BCUT2D eigenvalue weighted by Crippen LogP contribution is 2.18. The van der Waals surface area contributed by atoms with Crippen molar-refractivity contribution in [2.24, 2.45) is 0 Å². The van der Waals surface area contributed by atoms with E-state index in [1.165, 1.54) is 0 Å². The number of likely N-dealkylation sites (N-methyl/N-ethyl adjacent to an activating group) is 1.